The van der Waals surface area contributed by atoms with Gasteiger partial charge in [0.05, 0.1) is 12.3 Å². The SMILES string of the molecule is CCCOc1cccc(C(=O)Nc2cc3nn(-c4cccc5ccccc45)nc3cc2C)c1. The minimum Gasteiger partial charge on any atom is -0.494 e. The molecule has 1 amide bonds. The molecule has 1 N–H and O–H groups in total. The van der Waals surface area contributed by atoms with Gasteiger partial charge in [0.25, 0.3) is 5.91 Å². The molecule has 0 aliphatic rings. The van der Waals surface area contributed by atoms with Crippen molar-refractivity contribution in [2.75, 3.05) is 11.9 Å². The smallest absolute Gasteiger partial charge is 0.255 e. The first kappa shape index (κ1) is 20.7. The summed E-state index contributed by atoms with van der Waals surface area (Å²) >= 11 is 0. The molecule has 0 fully saturated rings. The van der Waals surface area contributed by atoms with E-state index in [1.165, 1.54) is 0 Å². The average molecular weight is 437 g/mol. The molecular weight excluding hydrogens is 412 g/mol. The summed E-state index contributed by atoms with van der Waals surface area (Å²) in [6.07, 6.45) is 0.912. The van der Waals surface area contributed by atoms with Gasteiger partial charge in [-0.05, 0) is 60.7 Å². The van der Waals surface area contributed by atoms with Gasteiger partial charge in [-0.1, -0.05) is 49.4 Å². The molecule has 5 aromatic rings. The summed E-state index contributed by atoms with van der Waals surface area (Å²) in [4.78, 5) is 14.6. The van der Waals surface area contributed by atoms with Crippen molar-refractivity contribution in [1.82, 2.24) is 15.0 Å². The van der Waals surface area contributed by atoms with Crippen LogP contribution in [0.15, 0.2) is 78.9 Å². The second kappa shape index (κ2) is 8.74. The van der Waals surface area contributed by atoms with Gasteiger partial charge in [0.1, 0.15) is 16.8 Å². The minimum atomic E-state index is -0.194. The number of fused-ring (bicyclic) bond motifs is 2. The van der Waals surface area contributed by atoms with Crippen molar-refractivity contribution in [1.29, 1.82) is 0 Å². The molecule has 33 heavy (non-hydrogen) atoms. The summed E-state index contributed by atoms with van der Waals surface area (Å²) in [7, 11) is 0. The zero-order valence-electron chi connectivity index (χ0n) is 18.6. The Morgan fingerprint density at radius 2 is 1.70 bits per heavy atom. The molecule has 1 heterocycles. The minimum absolute atomic E-state index is 0.194. The number of benzene rings is 4. The lowest BCUT2D eigenvalue weighted by molar-refractivity contribution is 0.102. The van der Waals surface area contributed by atoms with Crippen molar-refractivity contribution in [3.63, 3.8) is 0 Å². The molecule has 6 heteroatoms. The first-order chi connectivity index (χ1) is 16.1. The molecule has 0 spiro atoms. The van der Waals surface area contributed by atoms with Crippen LogP contribution in [0.1, 0.15) is 29.3 Å². The summed E-state index contributed by atoms with van der Waals surface area (Å²) in [5, 5.41) is 14.6. The predicted octanol–water partition coefficient (Wildman–Crippen LogP) is 5.92. The van der Waals surface area contributed by atoms with Gasteiger partial charge >= 0.3 is 0 Å². The molecular formula is C27H24N4O2. The van der Waals surface area contributed by atoms with E-state index >= 15 is 0 Å². The van der Waals surface area contributed by atoms with Gasteiger partial charge in [0.15, 0.2) is 0 Å². The first-order valence-electron chi connectivity index (χ1n) is 11.0. The first-order valence-corrected chi connectivity index (χ1v) is 11.0. The van der Waals surface area contributed by atoms with Gasteiger partial charge < -0.3 is 10.1 Å². The number of nitrogens with zero attached hydrogens (tertiary/aromatic N) is 3. The molecule has 0 aliphatic heterocycles. The Labute approximate surface area is 191 Å². The van der Waals surface area contributed by atoms with Gasteiger partial charge in [-0.15, -0.1) is 15.0 Å². The van der Waals surface area contributed by atoms with E-state index in [-0.39, 0.29) is 5.91 Å². The number of amides is 1. The molecule has 0 aliphatic carbocycles. The number of hydrogen-bond donors (Lipinski definition) is 1. The molecule has 164 valence electrons. The molecule has 0 radical (unpaired) electrons. The molecule has 0 unspecified atom stereocenters. The Balaban J connectivity index is 1.46. The number of carbonyl (C=O) groups excluding carboxylic acids is 1. The Morgan fingerprint density at radius 3 is 2.55 bits per heavy atom. The van der Waals surface area contributed by atoms with Crippen molar-refractivity contribution < 1.29 is 9.53 Å². The summed E-state index contributed by atoms with van der Waals surface area (Å²) in [5.41, 5.74) is 4.56. The number of aryl methyl sites for hydroxylation is 1. The van der Waals surface area contributed by atoms with Gasteiger partial charge in [0, 0.05) is 16.6 Å². The number of rotatable bonds is 6. The van der Waals surface area contributed by atoms with Crippen molar-refractivity contribution in [3.05, 3.63) is 90.0 Å². The maximum atomic E-state index is 12.9. The van der Waals surface area contributed by atoms with E-state index in [2.05, 4.69) is 28.6 Å². The zero-order chi connectivity index (χ0) is 22.8. The molecule has 5 rings (SSSR count). The maximum absolute atomic E-state index is 12.9. The topological polar surface area (TPSA) is 69.0 Å². The van der Waals surface area contributed by atoms with Gasteiger partial charge in [-0.2, -0.15) is 0 Å². The van der Waals surface area contributed by atoms with Crippen molar-refractivity contribution in [2.45, 2.75) is 20.3 Å². The quantitative estimate of drug-likeness (QED) is 0.359. The highest BCUT2D eigenvalue weighted by Gasteiger charge is 2.13. The van der Waals surface area contributed by atoms with Crippen LogP contribution in [-0.4, -0.2) is 27.5 Å². The number of nitrogens with one attached hydrogen (secondary N) is 1. The second-order valence-electron chi connectivity index (χ2n) is 7.97. The van der Waals surface area contributed by atoms with Gasteiger partial charge in [-0.25, -0.2) is 0 Å². The third-order valence-electron chi connectivity index (χ3n) is 5.53. The lowest BCUT2D eigenvalue weighted by Gasteiger charge is -2.10. The van der Waals surface area contributed by atoms with E-state index in [1.807, 2.05) is 62.4 Å². The highest BCUT2D eigenvalue weighted by Crippen LogP contribution is 2.26. The van der Waals surface area contributed by atoms with Crippen LogP contribution in [0.5, 0.6) is 5.75 Å². The molecule has 0 bridgehead atoms. The fraction of sp³-hybridized carbons (Fsp3) is 0.148. The summed E-state index contributed by atoms with van der Waals surface area (Å²) in [6.45, 7) is 4.62. The number of aromatic nitrogens is 3. The van der Waals surface area contributed by atoms with Crippen LogP contribution in [0.25, 0.3) is 27.5 Å². The van der Waals surface area contributed by atoms with Crippen LogP contribution >= 0.6 is 0 Å². The Bertz CT molecular complexity index is 1470. The van der Waals surface area contributed by atoms with Crippen LogP contribution < -0.4 is 10.1 Å². The molecule has 0 atom stereocenters. The molecule has 6 nitrogen and oxygen atoms in total. The fourth-order valence-corrected chi connectivity index (χ4v) is 3.83. The number of ether oxygens (including phenoxy) is 1. The lowest BCUT2D eigenvalue weighted by Crippen LogP contribution is -2.13. The number of hydrogen-bond acceptors (Lipinski definition) is 4. The summed E-state index contributed by atoms with van der Waals surface area (Å²) in [5.74, 6) is 0.496. The largest absolute Gasteiger partial charge is 0.494 e. The monoisotopic (exact) mass is 436 g/mol. The van der Waals surface area contributed by atoms with E-state index in [9.17, 15) is 4.79 Å². The predicted molar refractivity (Wildman–Crippen MR) is 131 cm³/mol. The standard InChI is InChI=1S/C27H24N4O2/c1-3-14-33-21-11-6-10-20(16-21)27(32)28-23-17-25-24(15-18(23)2)29-31(30-25)26-13-7-9-19-8-4-5-12-22(19)26/h4-13,15-17H,3,14H2,1-2H3,(H,28,32). The van der Waals surface area contributed by atoms with Crippen LogP contribution in [-0.2, 0) is 0 Å². The highest BCUT2D eigenvalue weighted by molar-refractivity contribution is 6.05. The fourth-order valence-electron chi connectivity index (χ4n) is 3.83. The molecule has 1 aromatic heterocycles. The maximum Gasteiger partial charge on any atom is 0.255 e. The van der Waals surface area contributed by atoms with Gasteiger partial charge in [0.2, 0.25) is 0 Å². The van der Waals surface area contributed by atoms with E-state index in [1.54, 1.807) is 16.9 Å². The number of anilines is 1. The van der Waals surface area contributed by atoms with Crippen molar-refractivity contribution >= 4 is 33.4 Å². The van der Waals surface area contributed by atoms with Crippen molar-refractivity contribution in [3.8, 4) is 11.4 Å². The van der Waals surface area contributed by atoms with Crippen LogP contribution in [0.4, 0.5) is 5.69 Å². The third-order valence-corrected chi connectivity index (χ3v) is 5.53. The summed E-state index contributed by atoms with van der Waals surface area (Å²) in [6, 6.07) is 25.3. The van der Waals surface area contributed by atoms with E-state index in [0.717, 1.165) is 34.0 Å². The highest BCUT2D eigenvalue weighted by atomic mass is 16.5. The Morgan fingerprint density at radius 1 is 0.939 bits per heavy atom. The Hall–Kier alpha value is -4.19. The summed E-state index contributed by atoms with van der Waals surface area (Å²) < 4.78 is 5.65. The van der Waals surface area contributed by atoms with E-state index < -0.39 is 0 Å². The van der Waals surface area contributed by atoms with Crippen LogP contribution in [0.2, 0.25) is 0 Å². The average Bonchev–Trinajstić information content (AvgIpc) is 3.25. The number of carbonyl (C=O) groups is 1. The second-order valence-corrected chi connectivity index (χ2v) is 7.97. The van der Waals surface area contributed by atoms with E-state index in [4.69, 9.17) is 9.84 Å². The normalized spacial score (nSPS) is 11.1. The third kappa shape index (κ3) is 4.15. The van der Waals surface area contributed by atoms with Crippen LogP contribution in [0.3, 0.4) is 0 Å². The van der Waals surface area contributed by atoms with Crippen LogP contribution in [0, 0.1) is 6.92 Å². The van der Waals surface area contributed by atoms with E-state index in [0.29, 0.717) is 29.1 Å². The molecule has 0 saturated carbocycles. The van der Waals surface area contributed by atoms with Crippen molar-refractivity contribution in [2.24, 2.45) is 0 Å². The lowest BCUT2D eigenvalue weighted by atomic mass is 10.1. The zero-order valence-corrected chi connectivity index (χ0v) is 18.6. The van der Waals surface area contributed by atoms with Gasteiger partial charge in [-0.3, -0.25) is 4.79 Å². The molecule has 0 saturated heterocycles. The Kier molecular flexibility index (Phi) is 5.48. The molecule has 4 aromatic carbocycles.